The highest BCUT2D eigenvalue weighted by atomic mass is 15.3. The largest absolute Gasteiger partial charge is 0.371 e. The summed E-state index contributed by atoms with van der Waals surface area (Å²) >= 11 is 0. The summed E-state index contributed by atoms with van der Waals surface area (Å²) in [5.74, 6) is 0.916. The summed E-state index contributed by atoms with van der Waals surface area (Å²) in [6, 6.07) is 4.77. The lowest BCUT2D eigenvalue weighted by atomic mass is 10.0. The molecule has 1 fully saturated rings. The summed E-state index contributed by atoms with van der Waals surface area (Å²) in [6.07, 6.45) is 8.73. The third-order valence-electron chi connectivity index (χ3n) is 3.95. The topological polar surface area (TPSA) is 58.9 Å². The van der Waals surface area contributed by atoms with Gasteiger partial charge in [0.05, 0.1) is 0 Å². The van der Waals surface area contributed by atoms with E-state index < -0.39 is 0 Å². The molecule has 2 aromatic rings. The average Bonchev–Trinajstić information content (AvgIpc) is 2.94. The molecule has 0 aromatic carbocycles. The van der Waals surface area contributed by atoms with Crippen molar-refractivity contribution in [2.24, 2.45) is 7.05 Å². The molecule has 0 saturated carbocycles. The maximum Gasteiger partial charge on any atom is 0.151 e. The number of hydrogen-bond donors (Lipinski definition) is 1. The van der Waals surface area contributed by atoms with Crippen molar-refractivity contribution < 1.29 is 0 Å². The van der Waals surface area contributed by atoms with Crippen molar-refractivity contribution in [3.63, 3.8) is 0 Å². The number of nitrogens with one attached hydrogen (secondary N) is 1. The quantitative estimate of drug-likeness (QED) is 0.889. The molecule has 0 atom stereocenters. The predicted molar refractivity (Wildman–Crippen MR) is 82.2 cm³/mol. The fourth-order valence-electron chi connectivity index (χ4n) is 2.78. The van der Waals surface area contributed by atoms with E-state index in [9.17, 15) is 0 Å². The van der Waals surface area contributed by atoms with Crippen LogP contribution < -0.4 is 10.2 Å². The van der Waals surface area contributed by atoms with Crippen LogP contribution in [-0.2, 0) is 13.5 Å². The van der Waals surface area contributed by atoms with E-state index in [1.54, 1.807) is 11.0 Å². The zero-order valence-corrected chi connectivity index (χ0v) is 12.4. The third kappa shape index (κ3) is 3.78. The monoisotopic (exact) mass is 286 g/mol. The Labute approximate surface area is 125 Å². The third-order valence-corrected chi connectivity index (χ3v) is 3.95. The number of hydrogen-bond acceptors (Lipinski definition) is 5. The van der Waals surface area contributed by atoms with E-state index in [0.717, 1.165) is 31.9 Å². The molecule has 21 heavy (non-hydrogen) atoms. The van der Waals surface area contributed by atoms with Crippen molar-refractivity contribution in [2.75, 3.05) is 24.5 Å². The highest BCUT2D eigenvalue weighted by molar-refractivity contribution is 5.44. The van der Waals surface area contributed by atoms with Crippen molar-refractivity contribution in [3.8, 4) is 0 Å². The molecule has 2 aromatic heterocycles. The minimum absolute atomic E-state index is 0.604. The molecule has 3 rings (SSSR count). The molecule has 0 unspecified atom stereocenters. The Morgan fingerprint density at radius 1 is 1.24 bits per heavy atom. The number of aromatic nitrogens is 4. The van der Waals surface area contributed by atoms with E-state index >= 15 is 0 Å². The molecule has 0 spiro atoms. The van der Waals surface area contributed by atoms with Crippen LogP contribution in [0.15, 0.2) is 30.9 Å². The van der Waals surface area contributed by atoms with E-state index in [0.29, 0.717) is 6.04 Å². The van der Waals surface area contributed by atoms with Crippen LogP contribution in [0.5, 0.6) is 0 Å². The Morgan fingerprint density at radius 2 is 2.00 bits per heavy atom. The van der Waals surface area contributed by atoms with Gasteiger partial charge in [-0.3, -0.25) is 9.67 Å². The van der Waals surface area contributed by atoms with Gasteiger partial charge < -0.3 is 10.2 Å². The maximum absolute atomic E-state index is 4.30. The van der Waals surface area contributed by atoms with Crippen molar-refractivity contribution in [3.05, 3.63) is 36.7 Å². The van der Waals surface area contributed by atoms with Gasteiger partial charge in [0.25, 0.3) is 0 Å². The molecule has 0 amide bonds. The van der Waals surface area contributed by atoms with Crippen molar-refractivity contribution in [1.82, 2.24) is 25.1 Å². The summed E-state index contributed by atoms with van der Waals surface area (Å²) < 4.78 is 1.75. The second-order valence-corrected chi connectivity index (χ2v) is 5.51. The van der Waals surface area contributed by atoms with Crippen molar-refractivity contribution in [2.45, 2.75) is 25.3 Å². The Hall–Kier alpha value is -1.95. The first-order valence-corrected chi connectivity index (χ1v) is 7.54. The zero-order valence-electron chi connectivity index (χ0n) is 12.4. The normalized spacial score (nSPS) is 16.3. The molecule has 1 saturated heterocycles. The second kappa shape index (κ2) is 6.67. The van der Waals surface area contributed by atoms with Crippen LogP contribution in [0.4, 0.5) is 5.69 Å². The van der Waals surface area contributed by atoms with Crippen molar-refractivity contribution >= 4 is 5.69 Å². The summed E-state index contributed by atoms with van der Waals surface area (Å²) in [6.45, 7) is 3.15. The minimum atomic E-state index is 0.604. The number of aryl methyl sites for hydroxylation is 1. The van der Waals surface area contributed by atoms with Crippen molar-refractivity contribution in [1.29, 1.82) is 0 Å². The first-order chi connectivity index (χ1) is 10.3. The Morgan fingerprint density at radius 3 is 2.67 bits per heavy atom. The molecule has 0 aliphatic carbocycles. The Kier molecular flexibility index (Phi) is 4.45. The lowest BCUT2D eigenvalue weighted by molar-refractivity contribution is 0.416. The number of anilines is 1. The standard InChI is InChI=1S/C15H22N6/c1-20-12-18-15(19-20)4-9-17-13-5-10-21(11-6-13)14-2-7-16-8-3-14/h2-3,7-8,12-13,17H,4-6,9-11H2,1H3. The fraction of sp³-hybridized carbons (Fsp3) is 0.533. The summed E-state index contributed by atoms with van der Waals surface area (Å²) in [5.41, 5.74) is 1.28. The van der Waals surface area contributed by atoms with Gasteiger partial charge in [0, 0.05) is 57.2 Å². The minimum Gasteiger partial charge on any atom is -0.371 e. The molecule has 0 bridgehead atoms. The molecular weight excluding hydrogens is 264 g/mol. The summed E-state index contributed by atoms with van der Waals surface area (Å²) in [4.78, 5) is 10.8. The summed E-state index contributed by atoms with van der Waals surface area (Å²) in [7, 11) is 1.90. The molecule has 112 valence electrons. The fourth-order valence-corrected chi connectivity index (χ4v) is 2.78. The number of rotatable bonds is 5. The lowest BCUT2D eigenvalue weighted by Crippen LogP contribution is -2.43. The van der Waals surface area contributed by atoms with Gasteiger partial charge in [-0.25, -0.2) is 4.98 Å². The number of piperidine rings is 1. The van der Waals surface area contributed by atoms with Crippen LogP contribution in [0.3, 0.4) is 0 Å². The molecule has 0 radical (unpaired) electrons. The van der Waals surface area contributed by atoms with Gasteiger partial charge in [-0.2, -0.15) is 5.10 Å². The van der Waals surface area contributed by atoms with E-state index in [1.165, 1.54) is 18.5 Å². The molecule has 1 aliphatic rings. The zero-order chi connectivity index (χ0) is 14.5. The molecule has 1 N–H and O–H groups in total. The van der Waals surface area contributed by atoms with E-state index in [2.05, 4.69) is 37.4 Å². The van der Waals surface area contributed by atoms with Crippen LogP contribution in [0.2, 0.25) is 0 Å². The molecule has 1 aliphatic heterocycles. The Balaban J connectivity index is 1.40. The van der Waals surface area contributed by atoms with Gasteiger partial charge in [-0.1, -0.05) is 0 Å². The van der Waals surface area contributed by atoms with E-state index in [4.69, 9.17) is 0 Å². The van der Waals surface area contributed by atoms with Crippen LogP contribution in [0, 0.1) is 0 Å². The van der Waals surface area contributed by atoms with Gasteiger partial charge in [-0.15, -0.1) is 0 Å². The van der Waals surface area contributed by atoms with Crippen LogP contribution in [0.1, 0.15) is 18.7 Å². The Bertz CT molecular complexity index is 544. The van der Waals surface area contributed by atoms with Crippen LogP contribution in [0.25, 0.3) is 0 Å². The maximum atomic E-state index is 4.30. The van der Waals surface area contributed by atoms with Gasteiger partial charge in [0.2, 0.25) is 0 Å². The second-order valence-electron chi connectivity index (χ2n) is 5.51. The first kappa shape index (κ1) is 14.0. The lowest BCUT2D eigenvalue weighted by Gasteiger charge is -2.34. The number of pyridine rings is 1. The number of nitrogens with zero attached hydrogens (tertiary/aromatic N) is 5. The molecule has 6 nitrogen and oxygen atoms in total. The van der Waals surface area contributed by atoms with Gasteiger partial charge in [0.1, 0.15) is 6.33 Å². The highest BCUT2D eigenvalue weighted by Crippen LogP contribution is 2.18. The molecule has 3 heterocycles. The van der Waals surface area contributed by atoms with E-state index in [1.807, 2.05) is 19.4 Å². The molecule has 6 heteroatoms. The van der Waals surface area contributed by atoms with E-state index in [-0.39, 0.29) is 0 Å². The smallest absolute Gasteiger partial charge is 0.151 e. The first-order valence-electron chi connectivity index (χ1n) is 7.54. The van der Waals surface area contributed by atoms with Crippen LogP contribution in [-0.4, -0.2) is 45.4 Å². The van der Waals surface area contributed by atoms with Crippen LogP contribution >= 0.6 is 0 Å². The SMILES string of the molecule is Cn1cnc(CCNC2CCN(c3ccncc3)CC2)n1. The average molecular weight is 286 g/mol. The van der Waals surface area contributed by atoms with Gasteiger partial charge in [0.15, 0.2) is 5.82 Å². The van der Waals surface area contributed by atoms with Gasteiger partial charge >= 0.3 is 0 Å². The highest BCUT2D eigenvalue weighted by Gasteiger charge is 2.18. The molecular formula is C15H22N6. The van der Waals surface area contributed by atoms with Gasteiger partial charge in [-0.05, 0) is 25.0 Å². The summed E-state index contributed by atoms with van der Waals surface area (Å²) in [5, 5.41) is 7.92. The predicted octanol–water partition coefficient (Wildman–Crippen LogP) is 1.01.